The maximum Gasteiger partial charge on any atom is 0.266 e. The molecule has 0 unspecified atom stereocenters. The molecule has 134 valence electrons. The third-order valence-corrected chi connectivity index (χ3v) is 4.18. The topological polar surface area (TPSA) is 98.0 Å². The summed E-state index contributed by atoms with van der Waals surface area (Å²) in [4.78, 5) is 23.5. The number of benzene rings is 2. The molecule has 0 saturated heterocycles. The van der Waals surface area contributed by atoms with E-state index in [1.54, 1.807) is 36.5 Å². The van der Waals surface area contributed by atoms with E-state index in [-0.39, 0.29) is 12.1 Å². The van der Waals surface area contributed by atoms with Crippen LogP contribution in [0.2, 0.25) is 0 Å². The van der Waals surface area contributed by atoms with Crippen LogP contribution in [0.4, 0.5) is 5.69 Å². The molecule has 0 atom stereocenters. The van der Waals surface area contributed by atoms with Gasteiger partial charge in [-0.25, -0.2) is 0 Å². The minimum Gasteiger partial charge on any atom is -0.548 e. The van der Waals surface area contributed by atoms with Crippen LogP contribution >= 0.6 is 0 Å². The molecule has 6 heteroatoms. The molecule has 1 amide bonds. The number of carbonyl (C=O) groups excluding carboxylic acids is 2. The first-order valence-corrected chi connectivity index (χ1v) is 8.26. The third kappa shape index (κ3) is 3.88. The number of carboxylic acid groups (broad SMARTS) is 1. The van der Waals surface area contributed by atoms with Gasteiger partial charge in [0, 0.05) is 28.4 Å². The molecule has 0 saturated carbocycles. The highest BCUT2D eigenvalue weighted by Gasteiger charge is 2.13. The van der Waals surface area contributed by atoms with E-state index in [0.717, 1.165) is 10.9 Å². The Bertz CT molecular complexity index is 1100. The molecule has 0 aliphatic rings. The lowest BCUT2D eigenvalue weighted by Crippen LogP contribution is -2.27. The van der Waals surface area contributed by atoms with Crippen LogP contribution in [0.5, 0.6) is 0 Å². The minimum absolute atomic E-state index is 0.0744. The van der Waals surface area contributed by atoms with Crippen molar-refractivity contribution in [3.63, 3.8) is 0 Å². The van der Waals surface area contributed by atoms with Gasteiger partial charge in [-0.2, -0.15) is 5.26 Å². The molecule has 3 rings (SSSR count). The molecule has 1 N–H and O–H groups in total. The number of nitrogens with one attached hydrogen (secondary N) is 1. The first-order chi connectivity index (χ1) is 13.0. The maximum absolute atomic E-state index is 12.5. The molecule has 1 aromatic heterocycles. The van der Waals surface area contributed by atoms with Crippen LogP contribution in [0.1, 0.15) is 11.1 Å². The van der Waals surface area contributed by atoms with E-state index in [1.165, 1.54) is 10.6 Å². The van der Waals surface area contributed by atoms with Crippen molar-refractivity contribution < 1.29 is 14.7 Å². The minimum atomic E-state index is -1.22. The quantitative estimate of drug-likeness (QED) is 0.559. The van der Waals surface area contributed by atoms with Crippen molar-refractivity contribution in [2.24, 2.45) is 0 Å². The summed E-state index contributed by atoms with van der Waals surface area (Å²) < 4.78 is 1.52. The van der Waals surface area contributed by atoms with Gasteiger partial charge in [-0.1, -0.05) is 36.4 Å². The Balaban J connectivity index is 1.98. The Labute approximate surface area is 156 Å². The molecule has 6 nitrogen and oxygen atoms in total. The van der Waals surface area contributed by atoms with Gasteiger partial charge >= 0.3 is 0 Å². The summed E-state index contributed by atoms with van der Waals surface area (Å²) in [6, 6.07) is 16.4. The second-order valence-corrected chi connectivity index (χ2v) is 6.04. The van der Waals surface area contributed by atoms with Crippen LogP contribution in [0.15, 0.2) is 60.3 Å². The third-order valence-electron chi connectivity index (χ3n) is 4.18. The summed E-state index contributed by atoms with van der Waals surface area (Å²) in [7, 11) is 0. The first-order valence-electron chi connectivity index (χ1n) is 8.26. The van der Waals surface area contributed by atoms with Gasteiger partial charge in [-0.05, 0) is 30.7 Å². The Kier molecular flexibility index (Phi) is 5.04. The first kappa shape index (κ1) is 18.0. The fourth-order valence-electron chi connectivity index (χ4n) is 2.87. The molecule has 3 aromatic rings. The number of carbonyl (C=O) groups is 2. The monoisotopic (exact) mass is 358 g/mol. The van der Waals surface area contributed by atoms with Gasteiger partial charge in [0.25, 0.3) is 5.91 Å². The van der Waals surface area contributed by atoms with Crippen molar-refractivity contribution in [3.8, 4) is 6.07 Å². The molecule has 0 spiro atoms. The fourth-order valence-corrected chi connectivity index (χ4v) is 2.87. The number of anilines is 1. The lowest BCUT2D eigenvalue weighted by Gasteiger charge is -2.07. The number of para-hydroxylation sites is 2. The second kappa shape index (κ2) is 7.58. The van der Waals surface area contributed by atoms with Crippen molar-refractivity contribution in [2.45, 2.75) is 13.5 Å². The summed E-state index contributed by atoms with van der Waals surface area (Å²) in [6.45, 7) is 1.55. The molecule has 0 fully saturated rings. The van der Waals surface area contributed by atoms with Crippen LogP contribution in [0.25, 0.3) is 17.0 Å². The number of amides is 1. The number of hydrogen-bond donors (Lipinski definition) is 1. The summed E-state index contributed by atoms with van der Waals surface area (Å²) in [5.41, 5.74) is 2.71. The number of nitriles is 1. The normalized spacial score (nSPS) is 11.2. The van der Waals surface area contributed by atoms with Gasteiger partial charge in [0.1, 0.15) is 11.6 Å². The van der Waals surface area contributed by atoms with Crippen LogP contribution in [0.3, 0.4) is 0 Å². The lowest BCUT2D eigenvalue weighted by atomic mass is 10.1. The fraction of sp³-hybridized carbons (Fsp3) is 0.0952. The number of carboxylic acids is 1. The van der Waals surface area contributed by atoms with Crippen molar-refractivity contribution in [1.82, 2.24) is 4.57 Å². The van der Waals surface area contributed by atoms with Crippen LogP contribution < -0.4 is 10.4 Å². The zero-order valence-corrected chi connectivity index (χ0v) is 14.6. The molecular formula is C21H16N3O3-. The molecule has 27 heavy (non-hydrogen) atoms. The van der Waals surface area contributed by atoms with Crippen molar-refractivity contribution in [3.05, 3.63) is 71.4 Å². The van der Waals surface area contributed by atoms with Crippen LogP contribution in [-0.2, 0) is 16.1 Å². The summed E-state index contributed by atoms with van der Waals surface area (Å²) in [5, 5.41) is 23.9. The van der Waals surface area contributed by atoms with E-state index in [0.29, 0.717) is 16.8 Å². The van der Waals surface area contributed by atoms with E-state index in [1.807, 2.05) is 31.2 Å². The van der Waals surface area contributed by atoms with Gasteiger partial charge in [0.15, 0.2) is 0 Å². The number of hydrogen-bond acceptors (Lipinski definition) is 4. The Hall–Kier alpha value is -3.85. The number of fused-ring (bicyclic) bond motifs is 1. The zero-order valence-electron chi connectivity index (χ0n) is 14.6. The summed E-state index contributed by atoms with van der Waals surface area (Å²) >= 11 is 0. The van der Waals surface area contributed by atoms with E-state index >= 15 is 0 Å². The smallest absolute Gasteiger partial charge is 0.266 e. The molecular weight excluding hydrogens is 342 g/mol. The van der Waals surface area contributed by atoms with E-state index in [2.05, 4.69) is 5.32 Å². The highest BCUT2D eigenvalue weighted by atomic mass is 16.4. The Morgan fingerprint density at radius 2 is 1.89 bits per heavy atom. The number of aromatic nitrogens is 1. The largest absolute Gasteiger partial charge is 0.548 e. The molecule has 0 radical (unpaired) electrons. The average molecular weight is 358 g/mol. The Morgan fingerprint density at radius 1 is 1.19 bits per heavy atom. The SMILES string of the molecule is Cc1ccccc1NC(=O)/C(C#N)=C/c1cn(CC(=O)[O-])c2ccccc12. The predicted molar refractivity (Wildman–Crippen MR) is 100 cm³/mol. The number of rotatable bonds is 5. The number of aryl methyl sites for hydroxylation is 1. The van der Waals surface area contributed by atoms with Gasteiger partial charge in [0.2, 0.25) is 0 Å². The van der Waals surface area contributed by atoms with Gasteiger partial charge < -0.3 is 19.8 Å². The molecule has 0 aliphatic heterocycles. The summed E-state index contributed by atoms with van der Waals surface area (Å²) in [5.74, 6) is -1.74. The molecule has 1 heterocycles. The maximum atomic E-state index is 12.5. The van der Waals surface area contributed by atoms with Gasteiger partial charge in [0.05, 0.1) is 12.5 Å². The molecule has 0 aliphatic carbocycles. The molecule has 2 aromatic carbocycles. The zero-order chi connectivity index (χ0) is 19.4. The number of nitrogens with zero attached hydrogens (tertiary/aromatic N) is 2. The highest BCUT2D eigenvalue weighted by Crippen LogP contribution is 2.24. The summed E-state index contributed by atoms with van der Waals surface area (Å²) in [6.07, 6.45) is 3.06. The van der Waals surface area contributed by atoms with Crippen LogP contribution in [0, 0.1) is 18.3 Å². The lowest BCUT2D eigenvalue weighted by molar-refractivity contribution is -0.306. The average Bonchev–Trinajstić information content (AvgIpc) is 2.98. The van der Waals surface area contributed by atoms with E-state index in [9.17, 15) is 20.0 Å². The molecule has 0 bridgehead atoms. The van der Waals surface area contributed by atoms with Gasteiger partial charge in [-0.15, -0.1) is 0 Å². The Morgan fingerprint density at radius 3 is 2.59 bits per heavy atom. The highest BCUT2D eigenvalue weighted by molar-refractivity contribution is 6.11. The number of aliphatic carboxylic acids is 1. The van der Waals surface area contributed by atoms with Crippen molar-refractivity contribution in [2.75, 3.05) is 5.32 Å². The van der Waals surface area contributed by atoms with E-state index < -0.39 is 11.9 Å². The van der Waals surface area contributed by atoms with Gasteiger partial charge in [-0.3, -0.25) is 4.79 Å². The van der Waals surface area contributed by atoms with E-state index in [4.69, 9.17) is 0 Å². The van der Waals surface area contributed by atoms with Crippen molar-refractivity contribution in [1.29, 1.82) is 5.26 Å². The van der Waals surface area contributed by atoms with Crippen LogP contribution in [-0.4, -0.2) is 16.4 Å². The standard InChI is InChI=1S/C21H17N3O3/c1-14-6-2-4-8-18(14)23-21(27)15(11-22)10-16-12-24(13-20(25)26)19-9-5-3-7-17(16)19/h2-10,12H,13H2,1H3,(H,23,27)(H,25,26)/p-1/b15-10+. The second-order valence-electron chi connectivity index (χ2n) is 6.04. The van der Waals surface area contributed by atoms with Crippen molar-refractivity contribution >= 4 is 34.5 Å². The predicted octanol–water partition coefficient (Wildman–Crippen LogP) is 2.25.